The van der Waals surface area contributed by atoms with Gasteiger partial charge in [0, 0.05) is 12.8 Å². The largest absolute Gasteiger partial charge is 0.364 e. The first kappa shape index (κ1) is 22.1. The summed E-state index contributed by atoms with van der Waals surface area (Å²) in [5, 5.41) is 12.4. The first-order valence-electron chi connectivity index (χ1n) is 9.94. The van der Waals surface area contributed by atoms with Crippen LogP contribution in [0.1, 0.15) is 49.2 Å². The summed E-state index contributed by atoms with van der Waals surface area (Å²) >= 11 is 4.05. The van der Waals surface area contributed by atoms with Crippen LogP contribution in [0.25, 0.3) is 0 Å². The Bertz CT molecular complexity index is 804. The number of methoxy groups -OCH3 is 1. The molecule has 0 radical (unpaired) electrons. The number of nitrogens with zero attached hydrogens (tertiary/aromatic N) is 5. The predicted octanol–water partition coefficient (Wildman–Crippen LogP) is 3.94. The molecule has 158 valence electrons. The van der Waals surface area contributed by atoms with Crippen LogP contribution in [-0.2, 0) is 10.3 Å². The molecule has 0 saturated carbocycles. The predicted molar refractivity (Wildman–Crippen MR) is 120 cm³/mol. The van der Waals surface area contributed by atoms with Crippen LogP contribution < -0.4 is 4.90 Å². The van der Waals surface area contributed by atoms with Gasteiger partial charge in [0.2, 0.25) is 0 Å². The summed E-state index contributed by atoms with van der Waals surface area (Å²) in [7, 11) is 1.57. The minimum absolute atomic E-state index is 0.108. The molecule has 1 amide bonds. The minimum Gasteiger partial charge on any atom is -0.364 e. The van der Waals surface area contributed by atoms with Crippen LogP contribution in [0.4, 0.5) is 5.69 Å². The van der Waals surface area contributed by atoms with Gasteiger partial charge in [-0.2, -0.15) is 15.3 Å². The topological polar surface area (TPSA) is 73.1 Å². The summed E-state index contributed by atoms with van der Waals surface area (Å²) in [5.74, 6) is 2.22. The van der Waals surface area contributed by atoms with Crippen molar-refractivity contribution in [2.24, 2.45) is 0 Å². The Morgan fingerprint density at radius 3 is 2.59 bits per heavy atom. The van der Waals surface area contributed by atoms with Crippen LogP contribution in [0.2, 0.25) is 0 Å². The molecule has 0 spiro atoms. The van der Waals surface area contributed by atoms with E-state index in [1.54, 1.807) is 36.7 Å². The molecule has 0 unspecified atom stereocenters. The second kappa shape index (κ2) is 9.95. The van der Waals surface area contributed by atoms with Gasteiger partial charge < -0.3 is 4.74 Å². The van der Waals surface area contributed by atoms with Crippen molar-refractivity contribution in [3.05, 3.63) is 35.9 Å². The van der Waals surface area contributed by atoms with E-state index in [1.165, 1.54) is 17.9 Å². The molecule has 1 aliphatic heterocycles. The van der Waals surface area contributed by atoms with Crippen molar-refractivity contribution in [3.8, 4) is 0 Å². The molecule has 3 rings (SSSR count). The average molecular weight is 436 g/mol. The number of amides is 1. The lowest BCUT2D eigenvalue weighted by atomic mass is 9.94. The molecule has 1 fully saturated rings. The van der Waals surface area contributed by atoms with Crippen molar-refractivity contribution in [1.82, 2.24) is 20.0 Å². The van der Waals surface area contributed by atoms with Gasteiger partial charge >= 0.3 is 0 Å². The quantitative estimate of drug-likeness (QED) is 0.581. The number of rotatable bonds is 8. The maximum absolute atomic E-state index is 13.4. The summed E-state index contributed by atoms with van der Waals surface area (Å²) in [6.45, 7) is 6.58. The molecule has 7 nitrogen and oxygen atoms in total. The third-order valence-electron chi connectivity index (χ3n) is 5.54. The molecule has 0 atom stereocenters. The van der Waals surface area contributed by atoms with E-state index < -0.39 is 0 Å². The summed E-state index contributed by atoms with van der Waals surface area (Å²) < 4.78 is 7.82. The van der Waals surface area contributed by atoms with E-state index in [0.29, 0.717) is 15.8 Å². The van der Waals surface area contributed by atoms with E-state index in [2.05, 4.69) is 28.7 Å². The maximum Gasteiger partial charge on any atom is 0.263 e. The average Bonchev–Trinajstić information content (AvgIpc) is 3.16. The Kier molecular flexibility index (Phi) is 7.59. The number of anilines is 1. The van der Waals surface area contributed by atoms with E-state index in [0.717, 1.165) is 18.5 Å². The van der Waals surface area contributed by atoms with Crippen molar-refractivity contribution in [3.63, 3.8) is 0 Å². The van der Waals surface area contributed by atoms with E-state index in [9.17, 15) is 4.79 Å². The fraction of sp³-hybridized carbons (Fsp3) is 0.600. The van der Waals surface area contributed by atoms with Gasteiger partial charge in [0.05, 0.1) is 40.0 Å². The van der Waals surface area contributed by atoms with Gasteiger partial charge in [-0.1, -0.05) is 13.8 Å². The van der Waals surface area contributed by atoms with Gasteiger partial charge in [0.15, 0.2) is 0 Å². The van der Waals surface area contributed by atoms with Crippen LogP contribution in [0.15, 0.2) is 24.7 Å². The highest BCUT2D eigenvalue weighted by molar-refractivity contribution is 8.17. The summed E-state index contributed by atoms with van der Waals surface area (Å²) in [6.07, 6.45) is 8.03. The molecular weight excluding hydrogens is 406 g/mol. The highest BCUT2D eigenvalue weighted by atomic mass is 32.2. The number of thioether (sulfide) groups is 2. The van der Waals surface area contributed by atoms with Crippen molar-refractivity contribution in [2.45, 2.75) is 50.2 Å². The van der Waals surface area contributed by atoms with Crippen molar-refractivity contribution in [2.75, 3.05) is 30.2 Å². The third kappa shape index (κ3) is 4.32. The Balaban J connectivity index is 1.97. The van der Waals surface area contributed by atoms with Crippen molar-refractivity contribution < 1.29 is 9.53 Å². The zero-order chi connectivity index (χ0) is 20.9. The highest BCUT2D eigenvalue weighted by Crippen LogP contribution is 2.46. The van der Waals surface area contributed by atoms with Gasteiger partial charge in [-0.15, -0.1) is 23.5 Å². The third-order valence-corrected chi connectivity index (χ3v) is 8.88. The molecule has 0 N–H and O–H groups in total. The molecule has 0 aliphatic carbocycles. The monoisotopic (exact) mass is 435 g/mol. The molecule has 1 saturated heterocycles. The van der Waals surface area contributed by atoms with Gasteiger partial charge in [-0.25, -0.2) is 0 Å². The van der Waals surface area contributed by atoms with Crippen molar-refractivity contribution >= 4 is 35.1 Å². The smallest absolute Gasteiger partial charge is 0.263 e. The van der Waals surface area contributed by atoms with E-state index >= 15 is 0 Å². The standard InChI is InChI=1S/C20H29N5O2S2/c1-5-20(6-2,19-28-10-7-11-29-19)25-15(3)17(13-23-25)18(26)24(14-27-4)16-8-9-21-22-12-16/h8-9,12-13,19H,5-7,10-11,14H2,1-4H3. The molecule has 9 heteroatoms. The lowest BCUT2D eigenvalue weighted by Gasteiger charge is -2.41. The second-order valence-corrected chi connectivity index (χ2v) is 9.77. The number of hydrogen-bond donors (Lipinski definition) is 0. The Hall–Kier alpha value is -1.58. The fourth-order valence-electron chi connectivity index (χ4n) is 3.82. The van der Waals surface area contributed by atoms with E-state index in [4.69, 9.17) is 9.84 Å². The van der Waals surface area contributed by atoms with Crippen LogP contribution in [0.5, 0.6) is 0 Å². The van der Waals surface area contributed by atoms with Crippen LogP contribution in [0, 0.1) is 6.92 Å². The molecular formula is C20H29N5O2S2. The van der Waals surface area contributed by atoms with Gasteiger partial charge in [-0.3, -0.25) is 14.4 Å². The molecule has 1 aliphatic rings. The summed E-state index contributed by atoms with van der Waals surface area (Å²) in [5.41, 5.74) is 2.03. The first-order chi connectivity index (χ1) is 14.1. The summed E-state index contributed by atoms with van der Waals surface area (Å²) in [4.78, 5) is 14.9. The van der Waals surface area contributed by atoms with Gasteiger partial charge in [-0.05, 0) is 43.8 Å². The van der Waals surface area contributed by atoms with Gasteiger partial charge in [0.25, 0.3) is 5.91 Å². The molecule has 2 aromatic heterocycles. The number of carbonyl (C=O) groups excluding carboxylic acids is 1. The van der Waals surface area contributed by atoms with Crippen LogP contribution in [-0.4, -0.2) is 55.8 Å². The number of hydrogen-bond acceptors (Lipinski definition) is 7. The lowest BCUT2D eigenvalue weighted by Crippen LogP contribution is -2.43. The molecule has 2 aromatic rings. The highest BCUT2D eigenvalue weighted by Gasteiger charge is 2.41. The zero-order valence-corrected chi connectivity index (χ0v) is 19.1. The number of aromatic nitrogens is 4. The normalized spacial score (nSPS) is 15.4. The minimum atomic E-state index is -0.145. The molecule has 0 bridgehead atoms. The Labute approximate surface area is 181 Å². The van der Waals surface area contributed by atoms with Gasteiger partial charge in [0.1, 0.15) is 6.73 Å². The van der Waals surface area contributed by atoms with Crippen LogP contribution in [0.3, 0.4) is 0 Å². The second-order valence-electron chi connectivity index (χ2n) is 7.04. The number of ether oxygens (including phenoxy) is 1. The van der Waals surface area contributed by atoms with E-state index in [1.807, 2.05) is 30.4 Å². The zero-order valence-electron chi connectivity index (χ0n) is 17.5. The Morgan fingerprint density at radius 2 is 2.00 bits per heavy atom. The lowest BCUT2D eigenvalue weighted by molar-refractivity contribution is 0.0935. The molecule has 29 heavy (non-hydrogen) atoms. The van der Waals surface area contributed by atoms with Crippen LogP contribution >= 0.6 is 23.5 Å². The maximum atomic E-state index is 13.4. The number of carbonyl (C=O) groups is 1. The SMILES string of the molecule is CCC(CC)(C1SCCCS1)n1ncc(C(=O)N(COC)c2ccnnc2)c1C. The van der Waals surface area contributed by atoms with Crippen molar-refractivity contribution in [1.29, 1.82) is 0 Å². The molecule has 3 heterocycles. The summed E-state index contributed by atoms with van der Waals surface area (Å²) in [6, 6.07) is 1.75. The fourth-order valence-corrected chi connectivity index (χ4v) is 7.50. The van der Waals surface area contributed by atoms with E-state index in [-0.39, 0.29) is 18.2 Å². The first-order valence-corrected chi connectivity index (χ1v) is 12.0. The molecule has 0 aromatic carbocycles. The Morgan fingerprint density at radius 1 is 1.28 bits per heavy atom.